The molecular formula is C17H24O3. The van der Waals surface area contributed by atoms with Gasteiger partial charge in [0.15, 0.2) is 5.60 Å². The van der Waals surface area contributed by atoms with Crippen LogP contribution in [0.4, 0.5) is 0 Å². The van der Waals surface area contributed by atoms with Crippen LogP contribution in [0.5, 0.6) is 0 Å². The predicted octanol–water partition coefficient (Wildman–Crippen LogP) is 3.68. The van der Waals surface area contributed by atoms with Gasteiger partial charge in [0, 0.05) is 0 Å². The van der Waals surface area contributed by atoms with Gasteiger partial charge in [0.1, 0.15) is 0 Å². The van der Waals surface area contributed by atoms with Crippen molar-refractivity contribution in [2.45, 2.75) is 57.2 Å². The Balaban J connectivity index is 1.87. The van der Waals surface area contributed by atoms with Gasteiger partial charge in [-0.3, -0.25) is 0 Å². The van der Waals surface area contributed by atoms with Crippen LogP contribution in [-0.2, 0) is 14.3 Å². The van der Waals surface area contributed by atoms with Crippen molar-refractivity contribution in [1.29, 1.82) is 0 Å². The zero-order valence-corrected chi connectivity index (χ0v) is 12.6. The van der Waals surface area contributed by atoms with Crippen molar-refractivity contribution in [3.8, 4) is 0 Å². The lowest BCUT2D eigenvalue weighted by Crippen LogP contribution is -2.40. The van der Waals surface area contributed by atoms with Crippen LogP contribution in [0, 0.1) is 0 Å². The van der Waals surface area contributed by atoms with Crippen molar-refractivity contribution in [2.24, 2.45) is 0 Å². The third kappa shape index (κ3) is 3.60. The first-order chi connectivity index (χ1) is 9.53. The van der Waals surface area contributed by atoms with Crippen LogP contribution in [0.25, 0.3) is 0 Å². The van der Waals surface area contributed by atoms with E-state index in [1.165, 1.54) is 12.7 Å². The predicted molar refractivity (Wildman–Crippen MR) is 78.6 cm³/mol. The quantitative estimate of drug-likeness (QED) is 0.787. The number of carbonyl (C=O) groups is 1. The molecule has 0 radical (unpaired) electrons. The number of ether oxygens (including phenoxy) is 2. The van der Waals surface area contributed by atoms with E-state index in [0.717, 1.165) is 25.7 Å². The molecule has 1 aliphatic carbocycles. The van der Waals surface area contributed by atoms with E-state index in [1.54, 1.807) is 13.8 Å². The van der Waals surface area contributed by atoms with E-state index in [2.05, 4.69) is 30.3 Å². The highest BCUT2D eigenvalue weighted by atomic mass is 16.6. The minimum absolute atomic E-state index is 0.157. The summed E-state index contributed by atoms with van der Waals surface area (Å²) in [6.45, 7) is 3.56. The van der Waals surface area contributed by atoms with Crippen LogP contribution in [0.3, 0.4) is 0 Å². The summed E-state index contributed by atoms with van der Waals surface area (Å²) in [6.07, 6.45) is 4.39. The minimum atomic E-state index is -0.848. The Kier molecular flexibility index (Phi) is 4.81. The standard InChI is InChI=1S/C17H24O3/c1-17(2,16(18)19-3)20-15-11-9-14(10-12-15)13-7-5-4-6-8-13/h4-8,14-15H,9-12H2,1-3H3. The Labute approximate surface area is 121 Å². The highest BCUT2D eigenvalue weighted by Gasteiger charge is 2.34. The maximum absolute atomic E-state index is 11.6. The van der Waals surface area contributed by atoms with E-state index < -0.39 is 5.60 Å². The van der Waals surface area contributed by atoms with E-state index >= 15 is 0 Å². The minimum Gasteiger partial charge on any atom is -0.467 e. The Morgan fingerprint density at radius 3 is 2.25 bits per heavy atom. The monoisotopic (exact) mass is 276 g/mol. The summed E-state index contributed by atoms with van der Waals surface area (Å²) in [5.41, 5.74) is 0.567. The molecule has 0 saturated heterocycles. The van der Waals surface area contributed by atoms with Gasteiger partial charge in [0.25, 0.3) is 0 Å². The second-order valence-electron chi connectivity index (χ2n) is 6.00. The molecule has 0 spiro atoms. The first-order valence-electron chi connectivity index (χ1n) is 7.34. The van der Waals surface area contributed by atoms with E-state index in [4.69, 9.17) is 9.47 Å². The molecule has 3 heteroatoms. The number of esters is 1. The van der Waals surface area contributed by atoms with Gasteiger partial charge in [-0.05, 0) is 51.0 Å². The van der Waals surface area contributed by atoms with Crippen LogP contribution >= 0.6 is 0 Å². The summed E-state index contributed by atoms with van der Waals surface area (Å²) >= 11 is 0. The summed E-state index contributed by atoms with van der Waals surface area (Å²) in [5.74, 6) is 0.319. The van der Waals surface area contributed by atoms with Crippen molar-refractivity contribution < 1.29 is 14.3 Å². The molecule has 0 atom stereocenters. The second-order valence-corrected chi connectivity index (χ2v) is 6.00. The first-order valence-corrected chi connectivity index (χ1v) is 7.34. The molecule has 0 unspecified atom stereocenters. The summed E-state index contributed by atoms with van der Waals surface area (Å²) in [4.78, 5) is 11.6. The summed E-state index contributed by atoms with van der Waals surface area (Å²) in [5, 5.41) is 0. The molecule has 110 valence electrons. The number of hydrogen-bond acceptors (Lipinski definition) is 3. The topological polar surface area (TPSA) is 35.5 Å². The molecule has 1 aromatic carbocycles. The number of hydrogen-bond donors (Lipinski definition) is 0. The van der Waals surface area contributed by atoms with Crippen molar-refractivity contribution >= 4 is 5.97 Å². The maximum Gasteiger partial charge on any atom is 0.337 e. The highest BCUT2D eigenvalue weighted by Crippen LogP contribution is 2.35. The van der Waals surface area contributed by atoms with E-state index in [1.807, 2.05) is 0 Å². The molecule has 0 aliphatic heterocycles. The van der Waals surface area contributed by atoms with E-state index in [0.29, 0.717) is 5.92 Å². The van der Waals surface area contributed by atoms with E-state index in [-0.39, 0.29) is 12.1 Å². The maximum atomic E-state index is 11.6. The van der Waals surface area contributed by atoms with Gasteiger partial charge >= 0.3 is 5.97 Å². The lowest BCUT2D eigenvalue weighted by Gasteiger charge is -2.33. The molecule has 1 fully saturated rings. The van der Waals surface area contributed by atoms with Gasteiger partial charge in [0.05, 0.1) is 13.2 Å². The molecule has 3 nitrogen and oxygen atoms in total. The van der Waals surface area contributed by atoms with Gasteiger partial charge in [0.2, 0.25) is 0 Å². The van der Waals surface area contributed by atoms with Crippen LogP contribution in [0.15, 0.2) is 30.3 Å². The van der Waals surface area contributed by atoms with Gasteiger partial charge in [-0.25, -0.2) is 4.79 Å². The van der Waals surface area contributed by atoms with Crippen LogP contribution in [0.1, 0.15) is 51.0 Å². The lowest BCUT2D eigenvalue weighted by atomic mass is 9.82. The molecule has 0 N–H and O–H groups in total. The van der Waals surface area contributed by atoms with Gasteiger partial charge in [-0.2, -0.15) is 0 Å². The molecule has 0 heterocycles. The van der Waals surface area contributed by atoms with Crippen LogP contribution in [-0.4, -0.2) is 24.8 Å². The van der Waals surface area contributed by atoms with Crippen LogP contribution < -0.4 is 0 Å². The zero-order valence-electron chi connectivity index (χ0n) is 12.6. The van der Waals surface area contributed by atoms with Gasteiger partial charge < -0.3 is 9.47 Å². The fourth-order valence-corrected chi connectivity index (χ4v) is 2.95. The SMILES string of the molecule is COC(=O)C(C)(C)OC1CCC(c2ccccc2)CC1. The molecular weight excluding hydrogens is 252 g/mol. The van der Waals surface area contributed by atoms with Crippen molar-refractivity contribution in [3.63, 3.8) is 0 Å². The molecule has 0 amide bonds. The molecule has 0 aromatic heterocycles. The van der Waals surface area contributed by atoms with E-state index in [9.17, 15) is 4.79 Å². The summed E-state index contributed by atoms with van der Waals surface area (Å²) in [7, 11) is 1.40. The second kappa shape index (κ2) is 6.40. The Morgan fingerprint density at radius 2 is 1.70 bits per heavy atom. The van der Waals surface area contributed by atoms with Gasteiger partial charge in [-0.15, -0.1) is 0 Å². The smallest absolute Gasteiger partial charge is 0.337 e. The van der Waals surface area contributed by atoms with Crippen molar-refractivity contribution in [2.75, 3.05) is 7.11 Å². The van der Waals surface area contributed by atoms with Crippen molar-refractivity contribution in [1.82, 2.24) is 0 Å². The third-order valence-corrected chi connectivity index (χ3v) is 4.08. The largest absolute Gasteiger partial charge is 0.467 e. The zero-order chi connectivity index (χ0) is 14.6. The Hall–Kier alpha value is -1.35. The summed E-state index contributed by atoms with van der Waals surface area (Å²) in [6, 6.07) is 10.6. The number of methoxy groups -OCH3 is 1. The molecule has 2 rings (SSSR count). The highest BCUT2D eigenvalue weighted by molar-refractivity contribution is 5.78. The Bertz CT molecular complexity index is 431. The normalized spacial score (nSPS) is 23.4. The average molecular weight is 276 g/mol. The van der Waals surface area contributed by atoms with Gasteiger partial charge in [-0.1, -0.05) is 30.3 Å². The number of rotatable bonds is 4. The van der Waals surface area contributed by atoms with Crippen molar-refractivity contribution in [3.05, 3.63) is 35.9 Å². The first kappa shape index (κ1) is 15.0. The molecule has 0 bridgehead atoms. The third-order valence-electron chi connectivity index (χ3n) is 4.08. The Morgan fingerprint density at radius 1 is 1.10 bits per heavy atom. The average Bonchev–Trinajstić information content (AvgIpc) is 2.47. The molecule has 1 aromatic rings. The molecule has 1 saturated carbocycles. The fraction of sp³-hybridized carbons (Fsp3) is 0.588. The lowest BCUT2D eigenvalue weighted by molar-refractivity contribution is -0.173. The van der Waals surface area contributed by atoms with Crippen LogP contribution in [0.2, 0.25) is 0 Å². The molecule has 20 heavy (non-hydrogen) atoms. The number of benzene rings is 1. The number of carbonyl (C=O) groups excluding carboxylic acids is 1. The summed E-state index contributed by atoms with van der Waals surface area (Å²) < 4.78 is 10.7. The molecule has 1 aliphatic rings. The fourth-order valence-electron chi connectivity index (χ4n) is 2.95.